The van der Waals surface area contributed by atoms with Gasteiger partial charge in [0.25, 0.3) is 0 Å². The number of nitrogens with one attached hydrogen (secondary N) is 1. The fraction of sp³-hybridized carbons (Fsp3) is 0.533. The number of hydrogen-bond acceptors (Lipinski definition) is 4. The number of hydrogen-bond donors (Lipinski definition) is 1. The number of piperazine rings is 1. The molecule has 1 aromatic carbocycles. The zero-order valence-electron chi connectivity index (χ0n) is 12.3. The second-order valence-corrected chi connectivity index (χ2v) is 5.01. The van der Waals surface area contributed by atoms with E-state index >= 15 is 0 Å². The van der Waals surface area contributed by atoms with Crippen molar-refractivity contribution in [3.63, 3.8) is 0 Å². The first-order valence-corrected chi connectivity index (χ1v) is 7.05. The van der Waals surface area contributed by atoms with Gasteiger partial charge >= 0.3 is 0 Å². The molecule has 0 aliphatic carbocycles. The first kappa shape index (κ1) is 14.7. The summed E-state index contributed by atoms with van der Waals surface area (Å²) in [5.74, 6) is 0.940. The van der Waals surface area contributed by atoms with Gasteiger partial charge in [-0.1, -0.05) is 6.07 Å². The van der Waals surface area contributed by atoms with Gasteiger partial charge in [0.1, 0.15) is 5.75 Å². The molecule has 110 valence electrons. The molecule has 0 radical (unpaired) electrons. The molecule has 1 N–H and O–H groups in total. The highest BCUT2D eigenvalue weighted by Crippen LogP contribution is 2.21. The van der Waals surface area contributed by atoms with Crippen LogP contribution in [0.1, 0.15) is 6.92 Å². The summed E-state index contributed by atoms with van der Waals surface area (Å²) in [6, 6.07) is 8.19. The fourth-order valence-corrected chi connectivity index (χ4v) is 2.43. The van der Waals surface area contributed by atoms with Crippen molar-refractivity contribution in [2.24, 2.45) is 0 Å². The summed E-state index contributed by atoms with van der Waals surface area (Å²) in [5, 5.41) is 2.84. The van der Waals surface area contributed by atoms with Crippen LogP contribution < -0.4 is 15.0 Å². The Bertz CT molecular complexity index is 442. The number of nitrogens with zero attached hydrogens (tertiary/aromatic N) is 2. The van der Waals surface area contributed by atoms with Crippen LogP contribution in [-0.2, 0) is 4.79 Å². The minimum atomic E-state index is 0.0417. The van der Waals surface area contributed by atoms with Crippen molar-refractivity contribution in [2.45, 2.75) is 6.92 Å². The number of carbonyl (C=O) groups excluding carboxylic acids is 1. The summed E-state index contributed by atoms with van der Waals surface area (Å²) in [7, 11) is 1.69. The van der Waals surface area contributed by atoms with Crippen molar-refractivity contribution >= 4 is 11.6 Å². The Labute approximate surface area is 120 Å². The number of ether oxygens (including phenoxy) is 1. The molecule has 0 aromatic heterocycles. The zero-order valence-corrected chi connectivity index (χ0v) is 12.3. The van der Waals surface area contributed by atoms with E-state index in [-0.39, 0.29) is 5.91 Å². The normalized spacial score (nSPS) is 16.0. The van der Waals surface area contributed by atoms with Crippen LogP contribution in [0.2, 0.25) is 0 Å². The lowest BCUT2D eigenvalue weighted by Gasteiger charge is -2.36. The highest BCUT2D eigenvalue weighted by molar-refractivity contribution is 5.72. The summed E-state index contributed by atoms with van der Waals surface area (Å²) < 4.78 is 5.27. The molecule has 1 amide bonds. The maximum atomic E-state index is 10.8. The van der Waals surface area contributed by atoms with Gasteiger partial charge in [0.15, 0.2) is 0 Å². The Kier molecular flexibility index (Phi) is 5.24. The SMILES string of the molecule is COc1cccc(N2CCN(CCNC(C)=O)CC2)c1. The van der Waals surface area contributed by atoms with E-state index in [1.165, 1.54) is 5.69 Å². The Morgan fingerprint density at radius 2 is 2.05 bits per heavy atom. The number of amides is 1. The first-order valence-electron chi connectivity index (χ1n) is 7.05. The van der Waals surface area contributed by atoms with E-state index in [0.29, 0.717) is 0 Å². The molecule has 0 unspecified atom stereocenters. The lowest BCUT2D eigenvalue weighted by Crippen LogP contribution is -2.48. The van der Waals surface area contributed by atoms with Crippen LogP contribution in [0.5, 0.6) is 5.75 Å². The Morgan fingerprint density at radius 3 is 2.70 bits per heavy atom. The highest BCUT2D eigenvalue weighted by atomic mass is 16.5. The van der Waals surface area contributed by atoms with Gasteiger partial charge in [-0.25, -0.2) is 0 Å². The van der Waals surface area contributed by atoms with E-state index in [1.54, 1.807) is 14.0 Å². The Morgan fingerprint density at radius 1 is 1.30 bits per heavy atom. The van der Waals surface area contributed by atoms with Crippen LogP contribution in [0.3, 0.4) is 0 Å². The maximum Gasteiger partial charge on any atom is 0.216 e. The molecule has 0 bridgehead atoms. The van der Waals surface area contributed by atoms with E-state index in [1.807, 2.05) is 12.1 Å². The van der Waals surface area contributed by atoms with Crippen LogP contribution in [-0.4, -0.2) is 57.2 Å². The van der Waals surface area contributed by atoms with E-state index < -0.39 is 0 Å². The van der Waals surface area contributed by atoms with Crippen molar-refractivity contribution in [2.75, 3.05) is 51.3 Å². The molecule has 20 heavy (non-hydrogen) atoms. The molecule has 1 heterocycles. The van der Waals surface area contributed by atoms with Gasteiger partial charge in [-0.2, -0.15) is 0 Å². The van der Waals surface area contributed by atoms with Crippen LogP contribution in [0.25, 0.3) is 0 Å². The van der Waals surface area contributed by atoms with Crippen molar-refractivity contribution < 1.29 is 9.53 Å². The highest BCUT2D eigenvalue weighted by Gasteiger charge is 2.17. The van der Waals surface area contributed by atoms with Crippen LogP contribution >= 0.6 is 0 Å². The fourth-order valence-electron chi connectivity index (χ4n) is 2.43. The van der Waals surface area contributed by atoms with Crippen molar-refractivity contribution in [1.29, 1.82) is 0 Å². The predicted molar refractivity (Wildman–Crippen MR) is 80.3 cm³/mol. The van der Waals surface area contributed by atoms with E-state index in [0.717, 1.165) is 45.0 Å². The number of carbonyl (C=O) groups is 1. The van der Waals surface area contributed by atoms with Gasteiger partial charge in [0, 0.05) is 57.9 Å². The van der Waals surface area contributed by atoms with E-state index in [2.05, 4.69) is 27.2 Å². The van der Waals surface area contributed by atoms with Gasteiger partial charge in [0.2, 0.25) is 5.91 Å². The van der Waals surface area contributed by atoms with Gasteiger partial charge in [0.05, 0.1) is 7.11 Å². The van der Waals surface area contributed by atoms with Crippen LogP contribution in [0, 0.1) is 0 Å². The number of anilines is 1. The summed E-state index contributed by atoms with van der Waals surface area (Å²) in [4.78, 5) is 15.6. The lowest BCUT2D eigenvalue weighted by atomic mass is 10.2. The minimum Gasteiger partial charge on any atom is -0.497 e. The quantitative estimate of drug-likeness (QED) is 0.870. The third kappa shape index (κ3) is 4.13. The third-order valence-corrected chi connectivity index (χ3v) is 3.59. The molecule has 2 rings (SSSR count). The number of benzene rings is 1. The monoisotopic (exact) mass is 277 g/mol. The Balaban J connectivity index is 1.80. The van der Waals surface area contributed by atoms with Crippen molar-refractivity contribution in [1.82, 2.24) is 10.2 Å². The van der Waals surface area contributed by atoms with E-state index in [4.69, 9.17) is 4.74 Å². The molecule has 1 saturated heterocycles. The molecule has 0 saturated carbocycles. The first-order chi connectivity index (χ1) is 9.69. The van der Waals surface area contributed by atoms with Crippen LogP contribution in [0.15, 0.2) is 24.3 Å². The summed E-state index contributed by atoms with van der Waals surface area (Å²) >= 11 is 0. The second kappa shape index (κ2) is 7.14. The Hall–Kier alpha value is -1.75. The van der Waals surface area contributed by atoms with Crippen molar-refractivity contribution in [3.05, 3.63) is 24.3 Å². The molecular formula is C15H23N3O2. The molecule has 0 atom stereocenters. The minimum absolute atomic E-state index is 0.0417. The molecule has 5 heteroatoms. The molecule has 5 nitrogen and oxygen atoms in total. The summed E-state index contributed by atoms with van der Waals surface area (Å²) in [5.41, 5.74) is 1.21. The van der Waals surface area contributed by atoms with Gasteiger partial charge in [-0.3, -0.25) is 9.69 Å². The second-order valence-electron chi connectivity index (χ2n) is 5.01. The molecule has 0 spiro atoms. The maximum absolute atomic E-state index is 10.8. The topological polar surface area (TPSA) is 44.8 Å². The van der Waals surface area contributed by atoms with E-state index in [9.17, 15) is 4.79 Å². The molecule has 1 aromatic rings. The van der Waals surface area contributed by atoms with Crippen molar-refractivity contribution in [3.8, 4) is 5.75 Å². The number of rotatable bonds is 5. The smallest absolute Gasteiger partial charge is 0.216 e. The zero-order chi connectivity index (χ0) is 14.4. The molecular weight excluding hydrogens is 254 g/mol. The predicted octanol–water partition coefficient (Wildman–Crippen LogP) is 0.953. The summed E-state index contributed by atoms with van der Waals surface area (Å²) in [6.45, 7) is 7.27. The average Bonchev–Trinajstić information content (AvgIpc) is 2.48. The number of methoxy groups -OCH3 is 1. The standard InChI is InChI=1S/C15H23N3O2/c1-13(19)16-6-7-17-8-10-18(11-9-17)14-4-3-5-15(12-14)20-2/h3-5,12H,6-11H2,1-2H3,(H,16,19). The van der Waals surface area contributed by atoms with Gasteiger partial charge in [-0.05, 0) is 12.1 Å². The average molecular weight is 277 g/mol. The van der Waals surface area contributed by atoms with Gasteiger partial charge < -0.3 is 15.0 Å². The molecule has 1 aliphatic rings. The molecule has 1 fully saturated rings. The lowest BCUT2D eigenvalue weighted by molar-refractivity contribution is -0.119. The molecule has 1 aliphatic heterocycles. The largest absolute Gasteiger partial charge is 0.497 e. The summed E-state index contributed by atoms with van der Waals surface area (Å²) in [6.07, 6.45) is 0. The third-order valence-electron chi connectivity index (χ3n) is 3.59. The van der Waals surface area contributed by atoms with Crippen LogP contribution in [0.4, 0.5) is 5.69 Å². The van der Waals surface area contributed by atoms with Gasteiger partial charge in [-0.15, -0.1) is 0 Å².